The van der Waals surface area contributed by atoms with E-state index in [2.05, 4.69) is 12.2 Å². The van der Waals surface area contributed by atoms with Crippen molar-refractivity contribution in [2.75, 3.05) is 6.54 Å². The third-order valence-electron chi connectivity index (χ3n) is 3.25. The smallest absolute Gasteiger partial charge is 0.335 e. The summed E-state index contributed by atoms with van der Waals surface area (Å²) in [7, 11) is 0. The Hall–Kier alpha value is -1.35. The minimum absolute atomic E-state index is 0.366. The largest absolute Gasteiger partial charge is 0.478 e. The topological polar surface area (TPSA) is 49.3 Å². The lowest BCUT2D eigenvalue weighted by Crippen LogP contribution is -2.34. The molecular weight excluding hydrogens is 202 g/mol. The number of piperidine rings is 1. The van der Waals surface area contributed by atoms with Gasteiger partial charge in [-0.1, -0.05) is 12.1 Å². The summed E-state index contributed by atoms with van der Waals surface area (Å²) in [5.74, 6) is -0.288. The molecule has 16 heavy (non-hydrogen) atoms. The lowest BCUT2D eigenvalue weighted by molar-refractivity contribution is 0.0697. The highest BCUT2D eigenvalue weighted by atomic mass is 16.4. The highest BCUT2D eigenvalue weighted by molar-refractivity contribution is 5.87. The van der Waals surface area contributed by atoms with Gasteiger partial charge in [-0.15, -0.1) is 0 Å². The molecule has 0 aromatic heterocycles. The van der Waals surface area contributed by atoms with E-state index < -0.39 is 5.97 Å². The first kappa shape index (κ1) is 11.1. The van der Waals surface area contributed by atoms with E-state index in [1.807, 2.05) is 12.1 Å². The summed E-state index contributed by atoms with van der Waals surface area (Å²) in [4.78, 5) is 10.7. The Kier molecular flexibility index (Phi) is 3.25. The van der Waals surface area contributed by atoms with Crippen LogP contribution in [-0.2, 0) is 0 Å². The Morgan fingerprint density at radius 3 is 2.62 bits per heavy atom. The highest BCUT2D eigenvalue weighted by Crippen LogP contribution is 2.27. The molecule has 0 amide bonds. The van der Waals surface area contributed by atoms with Gasteiger partial charge in [0, 0.05) is 6.04 Å². The summed E-state index contributed by atoms with van der Waals surface area (Å²) in [5.41, 5.74) is 1.63. The van der Waals surface area contributed by atoms with Crippen LogP contribution < -0.4 is 5.32 Å². The number of hydrogen-bond acceptors (Lipinski definition) is 2. The molecule has 1 fully saturated rings. The van der Waals surface area contributed by atoms with Crippen molar-refractivity contribution < 1.29 is 9.90 Å². The van der Waals surface area contributed by atoms with Gasteiger partial charge in [0.2, 0.25) is 0 Å². The van der Waals surface area contributed by atoms with Crippen molar-refractivity contribution in [3.63, 3.8) is 0 Å². The number of rotatable bonds is 2. The van der Waals surface area contributed by atoms with Crippen LogP contribution in [0.3, 0.4) is 0 Å². The standard InChI is InChI=1S/C13H17NO2/c1-9-8-12(6-7-14-9)10-2-4-11(5-3-10)13(15)16/h2-5,9,12,14H,6-8H2,1H3,(H,15,16). The van der Waals surface area contributed by atoms with E-state index in [4.69, 9.17) is 5.11 Å². The molecule has 2 N–H and O–H groups in total. The van der Waals surface area contributed by atoms with Crippen LogP contribution in [-0.4, -0.2) is 23.7 Å². The van der Waals surface area contributed by atoms with Crippen molar-refractivity contribution in [1.29, 1.82) is 0 Å². The summed E-state index contributed by atoms with van der Waals surface area (Å²) in [6, 6.07) is 7.85. The van der Waals surface area contributed by atoms with Crippen LogP contribution in [0, 0.1) is 0 Å². The van der Waals surface area contributed by atoms with Crippen molar-refractivity contribution in [1.82, 2.24) is 5.32 Å². The number of carboxylic acids is 1. The zero-order chi connectivity index (χ0) is 11.5. The zero-order valence-electron chi connectivity index (χ0n) is 9.44. The molecule has 1 aromatic carbocycles. The molecule has 0 aliphatic carbocycles. The van der Waals surface area contributed by atoms with Crippen LogP contribution in [0.4, 0.5) is 0 Å². The molecule has 3 nitrogen and oxygen atoms in total. The number of carboxylic acid groups (broad SMARTS) is 1. The van der Waals surface area contributed by atoms with Gasteiger partial charge in [-0.05, 0) is 49.9 Å². The quantitative estimate of drug-likeness (QED) is 0.802. The molecule has 2 atom stereocenters. The third kappa shape index (κ3) is 2.42. The van der Waals surface area contributed by atoms with Gasteiger partial charge >= 0.3 is 5.97 Å². The Morgan fingerprint density at radius 2 is 2.06 bits per heavy atom. The minimum Gasteiger partial charge on any atom is -0.478 e. The van der Waals surface area contributed by atoms with E-state index in [0.717, 1.165) is 19.4 Å². The number of benzene rings is 1. The molecule has 86 valence electrons. The van der Waals surface area contributed by atoms with Crippen molar-refractivity contribution in [3.8, 4) is 0 Å². The lowest BCUT2D eigenvalue weighted by Gasteiger charge is -2.28. The van der Waals surface area contributed by atoms with E-state index in [0.29, 0.717) is 17.5 Å². The summed E-state index contributed by atoms with van der Waals surface area (Å²) in [6.45, 7) is 3.24. The average molecular weight is 219 g/mol. The highest BCUT2D eigenvalue weighted by Gasteiger charge is 2.19. The first-order valence-electron chi connectivity index (χ1n) is 5.73. The van der Waals surface area contributed by atoms with Crippen LogP contribution in [0.15, 0.2) is 24.3 Å². The van der Waals surface area contributed by atoms with Gasteiger partial charge in [-0.25, -0.2) is 4.79 Å². The fourth-order valence-corrected chi connectivity index (χ4v) is 2.33. The molecule has 2 unspecified atom stereocenters. The van der Waals surface area contributed by atoms with Crippen molar-refractivity contribution in [3.05, 3.63) is 35.4 Å². The molecule has 1 aliphatic rings. The van der Waals surface area contributed by atoms with E-state index in [-0.39, 0.29) is 0 Å². The second-order valence-corrected chi connectivity index (χ2v) is 4.50. The zero-order valence-corrected chi connectivity index (χ0v) is 9.44. The van der Waals surface area contributed by atoms with Crippen LogP contribution in [0.2, 0.25) is 0 Å². The second kappa shape index (κ2) is 4.66. The van der Waals surface area contributed by atoms with Gasteiger partial charge in [0.1, 0.15) is 0 Å². The van der Waals surface area contributed by atoms with E-state index >= 15 is 0 Å². The van der Waals surface area contributed by atoms with E-state index in [1.54, 1.807) is 12.1 Å². The average Bonchev–Trinajstić information content (AvgIpc) is 2.29. The summed E-state index contributed by atoms with van der Waals surface area (Å²) >= 11 is 0. The van der Waals surface area contributed by atoms with Gasteiger partial charge in [-0.2, -0.15) is 0 Å². The molecule has 0 spiro atoms. The van der Waals surface area contributed by atoms with Crippen LogP contribution in [0.25, 0.3) is 0 Å². The molecule has 0 saturated carbocycles. The fraction of sp³-hybridized carbons (Fsp3) is 0.462. The molecule has 1 saturated heterocycles. The molecule has 2 rings (SSSR count). The number of hydrogen-bond donors (Lipinski definition) is 2. The maximum Gasteiger partial charge on any atom is 0.335 e. The maximum absolute atomic E-state index is 10.7. The molecule has 0 bridgehead atoms. The fourth-order valence-electron chi connectivity index (χ4n) is 2.33. The first-order chi connectivity index (χ1) is 7.66. The minimum atomic E-state index is -0.856. The van der Waals surface area contributed by atoms with Gasteiger partial charge < -0.3 is 10.4 Å². The lowest BCUT2D eigenvalue weighted by atomic mass is 9.87. The first-order valence-corrected chi connectivity index (χ1v) is 5.73. The predicted molar refractivity (Wildman–Crippen MR) is 62.8 cm³/mol. The Labute approximate surface area is 95.5 Å². The summed E-state index contributed by atoms with van der Waals surface area (Å²) in [6.07, 6.45) is 2.27. The summed E-state index contributed by atoms with van der Waals surface area (Å²) < 4.78 is 0. The molecular formula is C13H17NO2. The summed E-state index contributed by atoms with van der Waals surface area (Å²) in [5, 5.41) is 12.2. The Balaban J connectivity index is 2.11. The predicted octanol–water partition coefficient (Wildman–Crippen LogP) is 2.24. The molecule has 3 heteroatoms. The molecule has 1 heterocycles. The SMILES string of the molecule is CC1CC(c2ccc(C(=O)O)cc2)CCN1. The molecule has 1 aliphatic heterocycles. The van der Waals surface area contributed by atoms with Gasteiger partial charge in [0.05, 0.1) is 5.56 Å². The number of aromatic carboxylic acids is 1. The number of carbonyl (C=O) groups is 1. The van der Waals surface area contributed by atoms with E-state index in [9.17, 15) is 4.79 Å². The van der Waals surface area contributed by atoms with Gasteiger partial charge in [0.25, 0.3) is 0 Å². The molecule has 0 radical (unpaired) electrons. The van der Waals surface area contributed by atoms with Gasteiger partial charge in [0.15, 0.2) is 0 Å². The van der Waals surface area contributed by atoms with Crippen LogP contribution >= 0.6 is 0 Å². The Bertz CT molecular complexity index is 372. The van der Waals surface area contributed by atoms with Gasteiger partial charge in [-0.3, -0.25) is 0 Å². The Morgan fingerprint density at radius 1 is 1.38 bits per heavy atom. The van der Waals surface area contributed by atoms with E-state index in [1.165, 1.54) is 5.56 Å². The third-order valence-corrected chi connectivity index (χ3v) is 3.25. The van der Waals surface area contributed by atoms with Crippen molar-refractivity contribution >= 4 is 5.97 Å². The normalized spacial score (nSPS) is 25.3. The monoisotopic (exact) mass is 219 g/mol. The van der Waals surface area contributed by atoms with Crippen molar-refractivity contribution in [2.45, 2.75) is 31.7 Å². The van der Waals surface area contributed by atoms with Crippen LogP contribution in [0.1, 0.15) is 41.6 Å². The number of nitrogens with one attached hydrogen (secondary N) is 1. The maximum atomic E-state index is 10.7. The second-order valence-electron chi connectivity index (χ2n) is 4.50. The van der Waals surface area contributed by atoms with Crippen molar-refractivity contribution in [2.24, 2.45) is 0 Å². The van der Waals surface area contributed by atoms with Crippen LogP contribution in [0.5, 0.6) is 0 Å². The molecule has 1 aromatic rings.